The second kappa shape index (κ2) is 20.3. The molecular weight excluding hydrogens is 859 g/mol. The van der Waals surface area contributed by atoms with E-state index in [1.165, 1.54) is 35.3 Å². The first-order chi connectivity index (χ1) is 30.5. The molecule has 0 radical (unpaired) electrons. The largest absolute Gasteiger partial charge is 0.497 e. The molecule has 2 aromatic heterocycles. The summed E-state index contributed by atoms with van der Waals surface area (Å²) in [5.74, 6) is -1.76. The van der Waals surface area contributed by atoms with Crippen LogP contribution in [0.1, 0.15) is 80.1 Å². The van der Waals surface area contributed by atoms with Crippen molar-refractivity contribution in [1.29, 1.82) is 0 Å². The minimum absolute atomic E-state index is 0.0237. The molecule has 2 aliphatic rings. The molecule has 2 aromatic carbocycles. The van der Waals surface area contributed by atoms with Gasteiger partial charge in [-0.05, 0) is 64.8 Å². The zero-order chi connectivity index (χ0) is 46.3. The number of likely N-dealkylation sites (tertiary alicyclic amines) is 1. The summed E-state index contributed by atoms with van der Waals surface area (Å²) in [4.78, 5) is 66.2. The molecule has 344 valence electrons. The Hall–Kier alpha value is -5.95. The van der Waals surface area contributed by atoms with Crippen LogP contribution < -0.4 is 35.6 Å². The molecule has 0 bridgehead atoms. The van der Waals surface area contributed by atoms with Gasteiger partial charge < -0.3 is 30.3 Å². The van der Waals surface area contributed by atoms with Crippen LogP contribution in [0.15, 0.2) is 71.5 Å². The fraction of sp³-hybridized carbons (Fsp3) is 0.467. The maximum Gasteiger partial charge on any atom is 0.339 e. The Morgan fingerprint density at radius 2 is 1.81 bits per heavy atom. The number of anilines is 2. The molecule has 17 nitrogen and oxygen atoms in total. The maximum atomic E-state index is 14.6. The molecule has 0 unspecified atom stereocenters. The first-order valence-corrected chi connectivity index (χ1v) is 24.0. The number of rotatable bonds is 19. The summed E-state index contributed by atoms with van der Waals surface area (Å²) >= 11 is 1.44. The summed E-state index contributed by atoms with van der Waals surface area (Å²) in [6.07, 6.45) is 4.72. The molecular formula is C45H59N9O8S2. The van der Waals surface area contributed by atoms with E-state index in [4.69, 9.17) is 19.4 Å². The van der Waals surface area contributed by atoms with Crippen molar-refractivity contribution in [3.63, 3.8) is 0 Å². The Bertz CT molecular complexity index is 2480. The summed E-state index contributed by atoms with van der Waals surface area (Å²) in [5, 5.41) is 13.7. The van der Waals surface area contributed by atoms with Crippen LogP contribution in [-0.2, 0) is 24.4 Å². The van der Waals surface area contributed by atoms with Gasteiger partial charge in [-0.25, -0.2) is 32.9 Å². The number of benzene rings is 2. The minimum atomic E-state index is -4.42. The molecule has 3 heterocycles. The SMILES string of the molecule is C=C[C@@H]1C[C@]1(NC(=O)[C@@H]1C[C@@H](Oc2cc(-c3csc(NC(C)C)n3)nc3cc(OC)ccc23)CN1C(=O)N(NC(C)=O)C(C)C)C(=O)NS(=O)(=O)c1ccccc1NCCCCCC. The molecule has 2 fully saturated rings. The van der Waals surface area contributed by atoms with E-state index in [1.807, 2.05) is 25.3 Å². The average molecular weight is 918 g/mol. The molecule has 5 amide bonds. The van der Waals surface area contributed by atoms with Gasteiger partial charge in [0.1, 0.15) is 39.8 Å². The Labute approximate surface area is 378 Å². The summed E-state index contributed by atoms with van der Waals surface area (Å²) in [6, 6.07) is 11.2. The van der Waals surface area contributed by atoms with Gasteiger partial charge in [0.15, 0.2) is 5.13 Å². The van der Waals surface area contributed by atoms with E-state index in [0.717, 1.165) is 35.8 Å². The number of carbonyl (C=O) groups is 4. The fourth-order valence-electron chi connectivity index (χ4n) is 7.69. The topological polar surface area (TPSA) is 213 Å². The van der Waals surface area contributed by atoms with E-state index in [1.54, 1.807) is 57.4 Å². The highest BCUT2D eigenvalue weighted by molar-refractivity contribution is 7.90. The van der Waals surface area contributed by atoms with Crippen molar-refractivity contribution in [2.75, 3.05) is 30.8 Å². The number of para-hydroxylation sites is 1. The molecule has 4 atom stereocenters. The van der Waals surface area contributed by atoms with Gasteiger partial charge in [0.2, 0.25) is 11.8 Å². The molecule has 1 saturated carbocycles. The molecule has 19 heteroatoms. The van der Waals surface area contributed by atoms with Crippen molar-refractivity contribution < 1.29 is 37.1 Å². The number of fused-ring (bicyclic) bond motifs is 1. The number of hydrazine groups is 1. The number of aromatic nitrogens is 2. The standard InChI is InChI=1S/C45H59N9O8S2/c1-9-11-12-15-20-46-34-16-13-14-17-40(34)64(59,60)52-42(57)45(24-30(45)10-2)50-41(56)38-22-32(25-53(38)44(58)54(28(5)6)51-29(7)55)62-39-23-36(37-26-63-43(49-37)47-27(3)4)48-35-21-31(61-8)18-19-33(35)39/h10,13-14,16-19,21,23,26-28,30,32,38,46H,2,9,11-12,15,20,22,24-25H2,1,3-8H3,(H,47,49)(H,50,56)(H,51,55)(H,52,57)/t30-,32-,38+,45-/m1/s1. The van der Waals surface area contributed by atoms with E-state index in [2.05, 4.69) is 39.6 Å². The minimum Gasteiger partial charge on any atom is -0.497 e. The van der Waals surface area contributed by atoms with Crippen molar-refractivity contribution in [3.8, 4) is 22.9 Å². The lowest BCUT2D eigenvalue weighted by molar-refractivity contribution is -0.131. The molecule has 1 aliphatic carbocycles. The van der Waals surface area contributed by atoms with Crippen molar-refractivity contribution >= 4 is 66.8 Å². The van der Waals surface area contributed by atoms with Crippen molar-refractivity contribution in [2.45, 2.75) is 115 Å². The number of ether oxygens (including phenoxy) is 2. The van der Waals surface area contributed by atoms with Crippen molar-refractivity contribution in [2.24, 2.45) is 5.92 Å². The van der Waals surface area contributed by atoms with E-state index < -0.39 is 63.4 Å². The van der Waals surface area contributed by atoms with Crippen LogP contribution in [0.3, 0.4) is 0 Å². The molecule has 5 N–H and O–H groups in total. The van der Waals surface area contributed by atoms with Crippen LogP contribution in [-0.4, -0.2) is 102 Å². The van der Waals surface area contributed by atoms with Crippen LogP contribution in [0.5, 0.6) is 11.5 Å². The van der Waals surface area contributed by atoms with Gasteiger partial charge in [0.25, 0.3) is 15.9 Å². The second-order valence-electron chi connectivity index (χ2n) is 16.7. The Morgan fingerprint density at radius 1 is 1.05 bits per heavy atom. The van der Waals surface area contributed by atoms with Gasteiger partial charge in [0, 0.05) is 60.8 Å². The van der Waals surface area contributed by atoms with E-state index in [9.17, 15) is 27.6 Å². The molecule has 1 saturated heterocycles. The Kier molecular flexibility index (Phi) is 15.0. The lowest BCUT2D eigenvalue weighted by Crippen LogP contribution is -2.60. The van der Waals surface area contributed by atoms with E-state index in [0.29, 0.717) is 46.0 Å². The highest BCUT2D eigenvalue weighted by Crippen LogP contribution is 2.45. The van der Waals surface area contributed by atoms with Crippen molar-refractivity contribution in [1.82, 2.24) is 35.3 Å². The third kappa shape index (κ3) is 10.9. The number of pyridine rings is 1. The first kappa shape index (κ1) is 47.5. The van der Waals surface area contributed by atoms with Gasteiger partial charge in [-0.2, -0.15) is 0 Å². The zero-order valence-electron chi connectivity index (χ0n) is 37.4. The quantitative estimate of drug-likeness (QED) is 0.0390. The van der Waals surface area contributed by atoms with Gasteiger partial charge >= 0.3 is 6.03 Å². The number of methoxy groups -OCH3 is 1. The number of nitrogens with zero attached hydrogens (tertiary/aromatic N) is 4. The van der Waals surface area contributed by atoms with Gasteiger partial charge in [0.05, 0.1) is 30.6 Å². The monoisotopic (exact) mass is 917 g/mol. The number of hydrogen-bond acceptors (Lipinski definition) is 13. The maximum absolute atomic E-state index is 14.6. The highest BCUT2D eigenvalue weighted by Gasteiger charge is 2.61. The predicted octanol–water partition coefficient (Wildman–Crippen LogP) is 6.45. The fourth-order valence-corrected chi connectivity index (χ4v) is 9.77. The summed E-state index contributed by atoms with van der Waals surface area (Å²) < 4.78 is 42.1. The van der Waals surface area contributed by atoms with E-state index >= 15 is 0 Å². The summed E-state index contributed by atoms with van der Waals surface area (Å²) in [7, 11) is -2.86. The highest BCUT2D eigenvalue weighted by atomic mass is 32.2. The average Bonchev–Trinajstić information content (AvgIpc) is 3.51. The van der Waals surface area contributed by atoms with E-state index in [-0.39, 0.29) is 30.3 Å². The zero-order valence-corrected chi connectivity index (χ0v) is 39.0. The number of sulfonamides is 1. The number of carbonyl (C=O) groups excluding carboxylic acids is 4. The van der Waals surface area contributed by atoms with Crippen LogP contribution >= 0.6 is 11.3 Å². The molecule has 6 rings (SSSR count). The number of urea groups is 1. The number of thiazole rings is 1. The molecule has 0 spiro atoms. The number of amides is 5. The number of unbranched alkanes of at least 4 members (excludes halogenated alkanes) is 3. The van der Waals surface area contributed by atoms with Crippen LogP contribution in [0, 0.1) is 5.92 Å². The Balaban J connectivity index is 1.29. The Morgan fingerprint density at radius 3 is 2.48 bits per heavy atom. The normalized spacial score (nSPS) is 19.3. The van der Waals surface area contributed by atoms with Gasteiger partial charge in [-0.1, -0.05) is 44.4 Å². The van der Waals surface area contributed by atoms with Crippen molar-refractivity contribution in [3.05, 3.63) is 66.6 Å². The third-order valence-corrected chi connectivity index (χ3v) is 13.2. The molecule has 64 heavy (non-hydrogen) atoms. The molecule has 1 aliphatic heterocycles. The lowest BCUT2D eigenvalue weighted by atomic mass is 10.1. The third-order valence-electron chi connectivity index (χ3n) is 11.1. The molecule has 4 aromatic rings. The van der Waals surface area contributed by atoms with Crippen LogP contribution in [0.25, 0.3) is 22.3 Å². The number of hydrogen-bond donors (Lipinski definition) is 5. The second-order valence-corrected chi connectivity index (χ2v) is 19.2. The van der Waals surface area contributed by atoms with Gasteiger partial charge in [-0.15, -0.1) is 17.9 Å². The smallest absolute Gasteiger partial charge is 0.339 e. The van der Waals surface area contributed by atoms with Gasteiger partial charge in [-0.3, -0.25) is 19.8 Å². The predicted molar refractivity (Wildman–Crippen MR) is 247 cm³/mol. The number of nitrogens with one attached hydrogen (secondary N) is 5. The lowest BCUT2D eigenvalue weighted by Gasteiger charge is -2.33. The summed E-state index contributed by atoms with van der Waals surface area (Å²) in [6.45, 7) is 15.1. The van der Waals surface area contributed by atoms with Crippen LogP contribution in [0.4, 0.5) is 15.6 Å². The first-order valence-electron chi connectivity index (χ1n) is 21.6. The summed E-state index contributed by atoms with van der Waals surface area (Å²) in [5.41, 5.74) is 2.94. The van der Waals surface area contributed by atoms with Crippen LogP contribution in [0.2, 0.25) is 0 Å².